The molecule has 0 spiro atoms. The van der Waals surface area contributed by atoms with Crippen molar-refractivity contribution in [2.24, 2.45) is 0 Å². The van der Waals surface area contributed by atoms with Gasteiger partial charge in [0.1, 0.15) is 5.82 Å². The van der Waals surface area contributed by atoms with Gasteiger partial charge in [0.2, 0.25) is 0 Å². The van der Waals surface area contributed by atoms with Crippen molar-refractivity contribution in [3.05, 3.63) is 53.8 Å². The summed E-state index contributed by atoms with van der Waals surface area (Å²) < 4.78 is 23.0. The molecular formula is C15H14FNO3. The van der Waals surface area contributed by atoms with Gasteiger partial charge in [0.25, 0.3) is 5.91 Å². The Morgan fingerprint density at radius 1 is 1.00 bits per heavy atom. The summed E-state index contributed by atoms with van der Waals surface area (Å²) in [7, 11) is 3.02. The maximum atomic E-state index is 12.8. The lowest BCUT2D eigenvalue weighted by molar-refractivity contribution is 0.102. The van der Waals surface area contributed by atoms with E-state index >= 15 is 0 Å². The van der Waals surface area contributed by atoms with Gasteiger partial charge in [0.05, 0.1) is 14.2 Å². The van der Waals surface area contributed by atoms with Crippen molar-refractivity contribution in [1.29, 1.82) is 0 Å². The molecule has 0 radical (unpaired) electrons. The van der Waals surface area contributed by atoms with Gasteiger partial charge in [-0.1, -0.05) is 0 Å². The number of carbonyl (C=O) groups excluding carboxylic acids is 1. The second kappa shape index (κ2) is 6.06. The highest BCUT2D eigenvalue weighted by molar-refractivity contribution is 6.04. The summed E-state index contributed by atoms with van der Waals surface area (Å²) in [6.45, 7) is 0. The molecule has 0 bridgehead atoms. The van der Waals surface area contributed by atoms with Crippen LogP contribution in [0.1, 0.15) is 10.4 Å². The third kappa shape index (κ3) is 3.06. The summed E-state index contributed by atoms with van der Waals surface area (Å²) >= 11 is 0. The predicted octanol–water partition coefficient (Wildman–Crippen LogP) is 3.10. The molecule has 0 aliphatic heterocycles. The molecule has 4 nitrogen and oxygen atoms in total. The van der Waals surface area contributed by atoms with Crippen molar-refractivity contribution in [2.45, 2.75) is 0 Å². The van der Waals surface area contributed by atoms with E-state index in [2.05, 4.69) is 5.32 Å². The number of halogens is 1. The summed E-state index contributed by atoms with van der Waals surface area (Å²) in [6, 6.07) is 10.4. The minimum Gasteiger partial charge on any atom is -0.493 e. The maximum absolute atomic E-state index is 12.8. The van der Waals surface area contributed by atoms with Crippen LogP contribution in [0.15, 0.2) is 42.5 Å². The highest BCUT2D eigenvalue weighted by Gasteiger charge is 2.10. The van der Waals surface area contributed by atoms with Crippen molar-refractivity contribution in [3.8, 4) is 11.5 Å². The Hall–Kier alpha value is -2.56. The van der Waals surface area contributed by atoms with Gasteiger partial charge in [0.15, 0.2) is 11.5 Å². The van der Waals surface area contributed by atoms with Crippen LogP contribution in [0.3, 0.4) is 0 Å². The number of nitrogens with one attached hydrogen (secondary N) is 1. The Morgan fingerprint density at radius 3 is 2.25 bits per heavy atom. The fourth-order valence-corrected chi connectivity index (χ4v) is 1.71. The first-order chi connectivity index (χ1) is 9.63. The summed E-state index contributed by atoms with van der Waals surface area (Å²) in [5.41, 5.74) is 0.943. The average Bonchev–Trinajstić information content (AvgIpc) is 2.48. The Bertz CT molecular complexity index is 611. The molecule has 0 saturated heterocycles. The molecule has 0 fully saturated rings. The smallest absolute Gasteiger partial charge is 0.255 e. The van der Waals surface area contributed by atoms with Crippen LogP contribution in [0.2, 0.25) is 0 Å². The van der Waals surface area contributed by atoms with Crippen LogP contribution in [-0.4, -0.2) is 20.1 Å². The van der Waals surface area contributed by atoms with E-state index in [1.165, 1.54) is 38.5 Å². The van der Waals surface area contributed by atoms with E-state index in [1.807, 2.05) is 0 Å². The highest BCUT2D eigenvalue weighted by atomic mass is 19.1. The van der Waals surface area contributed by atoms with E-state index in [1.54, 1.807) is 18.2 Å². The molecule has 1 N–H and O–H groups in total. The number of anilines is 1. The lowest BCUT2D eigenvalue weighted by Crippen LogP contribution is -2.12. The quantitative estimate of drug-likeness (QED) is 0.932. The fraction of sp³-hybridized carbons (Fsp3) is 0.133. The molecule has 20 heavy (non-hydrogen) atoms. The minimum absolute atomic E-state index is 0.308. The third-order valence-corrected chi connectivity index (χ3v) is 2.75. The van der Waals surface area contributed by atoms with Gasteiger partial charge < -0.3 is 14.8 Å². The lowest BCUT2D eigenvalue weighted by atomic mass is 10.2. The van der Waals surface area contributed by atoms with Crippen molar-refractivity contribution in [1.82, 2.24) is 0 Å². The van der Waals surface area contributed by atoms with Gasteiger partial charge >= 0.3 is 0 Å². The molecule has 0 atom stereocenters. The van der Waals surface area contributed by atoms with Crippen LogP contribution in [0, 0.1) is 5.82 Å². The van der Waals surface area contributed by atoms with Crippen molar-refractivity contribution in [2.75, 3.05) is 19.5 Å². The van der Waals surface area contributed by atoms with Gasteiger partial charge in [-0.15, -0.1) is 0 Å². The molecule has 0 saturated carbocycles. The van der Waals surface area contributed by atoms with Crippen molar-refractivity contribution >= 4 is 11.6 Å². The van der Waals surface area contributed by atoms with Gasteiger partial charge in [-0.3, -0.25) is 4.79 Å². The van der Waals surface area contributed by atoms with E-state index in [-0.39, 0.29) is 11.7 Å². The minimum atomic E-state index is -0.353. The molecule has 0 heterocycles. The molecule has 104 valence electrons. The summed E-state index contributed by atoms with van der Waals surface area (Å²) in [5.74, 6) is 0.358. The molecular weight excluding hydrogens is 261 g/mol. The predicted molar refractivity (Wildman–Crippen MR) is 73.9 cm³/mol. The van der Waals surface area contributed by atoms with Crippen molar-refractivity contribution in [3.63, 3.8) is 0 Å². The zero-order chi connectivity index (χ0) is 14.5. The maximum Gasteiger partial charge on any atom is 0.255 e. The van der Waals surface area contributed by atoms with Crippen LogP contribution < -0.4 is 14.8 Å². The van der Waals surface area contributed by atoms with Crippen LogP contribution in [0.5, 0.6) is 11.5 Å². The molecule has 2 aromatic rings. The van der Waals surface area contributed by atoms with Crippen LogP contribution >= 0.6 is 0 Å². The largest absolute Gasteiger partial charge is 0.493 e. The first-order valence-electron chi connectivity index (χ1n) is 5.93. The van der Waals surface area contributed by atoms with E-state index < -0.39 is 0 Å². The molecule has 2 rings (SSSR count). The Kier molecular flexibility index (Phi) is 4.20. The van der Waals surface area contributed by atoms with Crippen LogP contribution in [0.25, 0.3) is 0 Å². The summed E-state index contributed by atoms with van der Waals surface area (Å²) in [6.07, 6.45) is 0. The van der Waals surface area contributed by atoms with Gasteiger partial charge in [-0.25, -0.2) is 4.39 Å². The molecule has 0 aliphatic carbocycles. The third-order valence-electron chi connectivity index (χ3n) is 2.75. The molecule has 2 aromatic carbocycles. The monoisotopic (exact) mass is 275 g/mol. The topological polar surface area (TPSA) is 47.6 Å². The van der Waals surface area contributed by atoms with Gasteiger partial charge in [0, 0.05) is 11.3 Å². The number of hydrogen-bond acceptors (Lipinski definition) is 3. The van der Waals surface area contributed by atoms with Crippen LogP contribution in [0.4, 0.5) is 10.1 Å². The zero-order valence-corrected chi connectivity index (χ0v) is 11.1. The second-order valence-electron chi connectivity index (χ2n) is 4.03. The number of benzene rings is 2. The molecule has 0 aromatic heterocycles. The number of ether oxygens (including phenoxy) is 2. The van der Waals surface area contributed by atoms with E-state index in [0.717, 1.165) is 0 Å². The number of rotatable bonds is 4. The second-order valence-corrected chi connectivity index (χ2v) is 4.03. The Labute approximate surface area is 116 Å². The highest BCUT2D eigenvalue weighted by Crippen LogP contribution is 2.27. The number of amides is 1. The molecule has 0 aliphatic rings. The van der Waals surface area contributed by atoms with E-state index in [9.17, 15) is 9.18 Å². The Morgan fingerprint density at radius 2 is 1.65 bits per heavy atom. The summed E-state index contributed by atoms with van der Waals surface area (Å²) in [5, 5.41) is 2.67. The van der Waals surface area contributed by atoms with E-state index in [4.69, 9.17) is 9.47 Å². The zero-order valence-electron chi connectivity index (χ0n) is 11.1. The van der Waals surface area contributed by atoms with E-state index in [0.29, 0.717) is 22.7 Å². The summed E-state index contributed by atoms with van der Waals surface area (Å²) in [4.78, 5) is 12.1. The fourth-order valence-electron chi connectivity index (χ4n) is 1.71. The molecule has 1 amide bonds. The normalized spacial score (nSPS) is 9.95. The first-order valence-corrected chi connectivity index (χ1v) is 5.93. The molecule has 0 unspecified atom stereocenters. The SMILES string of the molecule is COc1ccc(C(=O)Nc2ccc(F)cc2)cc1OC. The average molecular weight is 275 g/mol. The first kappa shape index (κ1) is 13.9. The van der Waals surface area contributed by atoms with Crippen LogP contribution in [-0.2, 0) is 0 Å². The molecule has 5 heteroatoms. The lowest BCUT2D eigenvalue weighted by Gasteiger charge is -2.10. The Balaban J connectivity index is 2.18. The van der Waals surface area contributed by atoms with Crippen molar-refractivity contribution < 1.29 is 18.7 Å². The number of hydrogen-bond donors (Lipinski definition) is 1. The number of methoxy groups -OCH3 is 2. The van der Waals surface area contributed by atoms with Gasteiger partial charge in [-0.2, -0.15) is 0 Å². The van der Waals surface area contributed by atoms with Gasteiger partial charge in [-0.05, 0) is 42.5 Å². The number of carbonyl (C=O) groups is 1. The standard InChI is InChI=1S/C15H14FNO3/c1-19-13-8-3-10(9-14(13)20-2)15(18)17-12-6-4-11(16)5-7-12/h3-9H,1-2H3,(H,17,18).